The molecule has 0 atom stereocenters. The molecule has 1 saturated heterocycles. The number of piperazine rings is 1. The van der Waals surface area contributed by atoms with Crippen LogP contribution in [0.2, 0.25) is 0 Å². The van der Waals surface area contributed by atoms with Crippen LogP contribution in [0.3, 0.4) is 0 Å². The topological polar surface area (TPSA) is 59.1 Å². The van der Waals surface area contributed by atoms with E-state index >= 15 is 0 Å². The van der Waals surface area contributed by atoms with Crippen molar-refractivity contribution in [3.05, 3.63) is 59.2 Å². The Hall–Kier alpha value is -3.16. The first-order valence-corrected chi connectivity index (χ1v) is 11.3. The normalized spacial score (nSPS) is 13.7. The van der Waals surface area contributed by atoms with Gasteiger partial charge in [-0.2, -0.15) is 0 Å². The average molecular weight is 461 g/mol. The van der Waals surface area contributed by atoms with Gasteiger partial charge in [0, 0.05) is 37.3 Å². The van der Waals surface area contributed by atoms with Crippen molar-refractivity contribution >= 4 is 11.8 Å². The quantitative estimate of drug-likeness (QED) is 0.516. The fraction of sp³-hybridized carbons (Fsp3) is 0.440. The second-order valence-electron chi connectivity index (χ2n) is 7.99. The maximum absolute atomic E-state index is 13.5. The molecule has 3 rings (SSSR count). The number of hydrogen-bond donors (Lipinski definition) is 0. The van der Waals surface area contributed by atoms with Gasteiger partial charge >= 0.3 is 0 Å². The molecule has 178 valence electrons. The maximum Gasteiger partial charge on any atom is 0.254 e. The molecule has 0 aromatic heterocycles. The minimum atomic E-state index is -1.06. The molecular formula is C25H30F2N2O4. The van der Waals surface area contributed by atoms with E-state index in [9.17, 15) is 18.4 Å². The number of ether oxygens (including phenoxy) is 2. The van der Waals surface area contributed by atoms with Crippen LogP contribution >= 0.6 is 0 Å². The Morgan fingerprint density at radius 1 is 0.818 bits per heavy atom. The molecule has 1 aliphatic heterocycles. The van der Waals surface area contributed by atoms with E-state index in [2.05, 4.69) is 6.92 Å². The predicted octanol–water partition coefficient (Wildman–Crippen LogP) is 4.53. The minimum Gasteiger partial charge on any atom is -0.493 e. The third-order valence-corrected chi connectivity index (χ3v) is 5.69. The van der Waals surface area contributed by atoms with Gasteiger partial charge in [0.2, 0.25) is 0 Å². The summed E-state index contributed by atoms with van der Waals surface area (Å²) in [6, 6.07) is 8.23. The zero-order valence-electron chi connectivity index (χ0n) is 19.1. The summed E-state index contributed by atoms with van der Waals surface area (Å²) in [5.74, 6) is -1.50. The first-order valence-electron chi connectivity index (χ1n) is 11.3. The van der Waals surface area contributed by atoms with E-state index in [4.69, 9.17) is 9.47 Å². The lowest BCUT2D eigenvalue weighted by Crippen LogP contribution is -2.50. The zero-order chi connectivity index (χ0) is 23.8. The standard InChI is InChI=1S/C25H30F2N2O4/c1-3-4-5-6-15-33-22-10-8-19(17-23(22)32-2)25(31)29-13-11-28(12-14-29)24(30)18-7-9-20(26)21(27)16-18/h7-10,16-17H,3-6,11-15H2,1-2H3. The summed E-state index contributed by atoms with van der Waals surface area (Å²) in [6.45, 7) is 4.04. The lowest BCUT2D eigenvalue weighted by atomic mass is 10.1. The number of carbonyl (C=O) groups is 2. The van der Waals surface area contributed by atoms with Crippen molar-refractivity contribution < 1.29 is 27.8 Å². The van der Waals surface area contributed by atoms with Gasteiger partial charge < -0.3 is 19.3 Å². The summed E-state index contributed by atoms with van der Waals surface area (Å²) in [5, 5.41) is 0. The van der Waals surface area contributed by atoms with Crippen LogP contribution < -0.4 is 9.47 Å². The largest absolute Gasteiger partial charge is 0.493 e. The summed E-state index contributed by atoms with van der Waals surface area (Å²) in [5.41, 5.74) is 0.564. The van der Waals surface area contributed by atoms with Crippen LogP contribution in [-0.2, 0) is 0 Å². The lowest BCUT2D eigenvalue weighted by molar-refractivity contribution is 0.0535. The van der Waals surface area contributed by atoms with Crippen molar-refractivity contribution in [1.82, 2.24) is 9.80 Å². The SMILES string of the molecule is CCCCCCOc1ccc(C(=O)N2CCN(C(=O)c3ccc(F)c(F)c3)CC2)cc1OC. The summed E-state index contributed by atoms with van der Waals surface area (Å²) < 4.78 is 37.8. The Morgan fingerprint density at radius 3 is 2.00 bits per heavy atom. The van der Waals surface area contributed by atoms with Gasteiger partial charge in [-0.3, -0.25) is 9.59 Å². The van der Waals surface area contributed by atoms with Gasteiger partial charge in [0.05, 0.1) is 13.7 Å². The van der Waals surface area contributed by atoms with E-state index < -0.39 is 11.6 Å². The van der Waals surface area contributed by atoms with Crippen LogP contribution in [0.15, 0.2) is 36.4 Å². The van der Waals surface area contributed by atoms with E-state index in [-0.39, 0.29) is 17.4 Å². The minimum absolute atomic E-state index is 0.0868. The van der Waals surface area contributed by atoms with Crippen LogP contribution in [0.25, 0.3) is 0 Å². The van der Waals surface area contributed by atoms with Crippen molar-refractivity contribution in [1.29, 1.82) is 0 Å². The molecule has 6 nitrogen and oxygen atoms in total. The molecule has 2 aromatic rings. The third kappa shape index (κ3) is 6.21. The molecular weight excluding hydrogens is 430 g/mol. The van der Waals surface area contributed by atoms with Gasteiger partial charge in [0.25, 0.3) is 11.8 Å². The second-order valence-corrected chi connectivity index (χ2v) is 7.99. The Balaban J connectivity index is 1.57. The molecule has 33 heavy (non-hydrogen) atoms. The van der Waals surface area contributed by atoms with Gasteiger partial charge in [-0.1, -0.05) is 26.2 Å². The molecule has 8 heteroatoms. The summed E-state index contributed by atoms with van der Waals surface area (Å²) in [4.78, 5) is 28.7. The Kier molecular flexibility index (Phi) is 8.63. The van der Waals surface area contributed by atoms with Crippen molar-refractivity contribution in [2.75, 3.05) is 39.9 Å². The number of methoxy groups -OCH3 is 1. The van der Waals surface area contributed by atoms with Gasteiger partial charge in [-0.15, -0.1) is 0 Å². The molecule has 0 radical (unpaired) electrons. The monoisotopic (exact) mass is 460 g/mol. The van der Waals surface area contributed by atoms with Crippen LogP contribution in [-0.4, -0.2) is 61.5 Å². The highest BCUT2D eigenvalue weighted by Crippen LogP contribution is 2.29. The van der Waals surface area contributed by atoms with E-state index in [1.165, 1.54) is 24.5 Å². The molecule has 2 aromatic carbocycles. The number of benzene rings is 2. The molecule has 0 bridgehead atoms. The fourth-order valence-corrected chi connectivity index (χ4v) is 3.74. The highest BCUT2D eigenvalue weighted by Gasteiger charge is 2.26. The smallest absolute Gasteiger partial charge is 0.254 e. The molecule has 0 N–H and O–H groups in total. The van der Waals surface area contributed by atoms with Crippen molar-refractivity contribution in [2.45, 2.75) is 32.6 Å². The predicted molar refractivity (Wildman–Crippen MR) is 121 cm³/mol. The molecule has 1 aliphatic rings. The van der Waals surface area contributed by atoms with E-state index in [1.807, 2.05) is 0 Å². The van der Waals surface area contributed by atoms with E-state index in [0.717, 1.165) is 31.4 Å². The fourth-order valence-electron chi connectivity index (χ4n) is 3.74. The summed E-state index contributed by atoms with van der Waals surface area (Å²) >= 11 is 0. The number of rotatable bonds is 9. The lowest BCUT2D eigenvalue weighted by Gasteiger charge is -2.35. The number of carbonyl (C=O) groups excluding carboxylic acids is 2. The van der Waals surface area contributed by atoms with Gasteiger partial charge in [-0.05, 0) is 42.8 Å². The van der Waals surface area contributed by atoms with Crippen molar-refractivity contribution in [2.24, 2.45) is 0 Å². The number of halogens is 2. The van der Waals surface area contributed by atoms with E-state index in [1.54, 1.807) is 23.1 Å². The number of unbranched alkanes of at least 4 members (excludes halogenated alkanes) is 3. The number of amides is 2. The molecule has 2 amide bonds. The van der Waals surface area contributed by atoms with Crippen LogP contribution in [0, 0.1) is 11.6 Å². The second kappa shape index (κ2) is 11.6. The Morgan fingerprint density at radius 2 is 1.42 bits per heavy atom. The number of hydrogen-bond acceptors (Lipinski definition) is 4. The molecule has 0 unspecified atom stereocenters. The summed E-state index contributed by atoms with van der Waals surface area (Å²) in [6.07, 6.45) is 4.41. The first kappa shape index (κ1) is 24.5. The number of nitrogens with zero attached hydrogens (tertiary/aromatic N) is 2. The zero-order valence-corrected chi connectivity index (χ0v) is 19.1. The first-order chi connectivity index (χ1) is 15.9. The van der Waals surface area contributed by atoms with Gasteiger partial charge in [0.1, 0.15) is 0 Å². The van der Waals surface area contributed by atoms with Crippen LogP contribution in [0.1, 0.15) is 53.3 Å². The molecule has 1 fully saturated rings. The molecule has 0 spiro atoms. The third-order valence-electron chi connectivity index (χ3n) is 5.69. The van der Waals surface area contributed by atoms with Crippen molar-refractivity contribution in [3.63, 3.8) is 0 Å². The van der Waals surface area contributed by atoms with Crippen LogP contribution in [0.4, 0.5) is 8.78 Å². The summed E-state index contributed by atoms with van der Waals surface area (Å²) in [7, 11) is 1.54. The van der Waals surface area contributed by atoms with Gasteiger partial charge in [0.15, 0.2) is 23.1 Å². The molecule has 0 aliphatic carbocycles. The van der Waals surface area contributed by atoms with Gasteiger partial charge in [-0.25, -0.2) is 8.78 Å². The highest BCUT2D eigenvalue weighted by molar-refractivity contribution is 5.96. The Bertz CT molecular complexity index is 975. The maximum atomic E-state index is 13.5. The van der Waals surface area contributed by atoms with E-state index in [0.29, 0.717) is 49.8 Å². The van der Waals surface area contributed by atoms with Crippen LogP contribution in [0.5, 0.6) is 11.5 Å². The van der Waals surface area contributed by atoms with Crippen molar-refractivity contribution in [3.8, 4) is 11.5 Å². The average Bonchev–Trinajstić information content (AvgIpc) is 2.85. The Labute approximate surface area is 193 Å². The highest BCUT2D eigenvalue weighted by atomic mass is 19.2. The molecule has 1 heterocycles. The molecule has 0 saturated carbocycles.